The molecule has 0 atom stereocenters. The maximum atomic E-state index is 13.0. The van der Waals surface area contributed by atoms with Crippen molar-refractivity contribution in [1.82, 2.24) is 15.1 Å². The van der Waals surface area contributed by atoms with Crippen LogP contribution < -0.4 is 4.90 Å². The molecular formula is C20H19ClN4O. The number of carbonyl (C=O) groups is 1. The lowest BCUT2D eigenvalue weighted by Gasteiger charge is -2.36. The summed E-state index contributed by atoms with van der Waals surface area (Å²) in [5.41, 5.74) is 3.36. The molecule has 1 N–H and O–H groups in total. The van der Waals surface area contributed by atoms with Crippen LogP contribution >= 0.6 is 11.6 Å². The van der Waals surface area contributed by atoms with Crippen molar-refractivity contribution in [1.29, 1.82) is 0 Å². The maximum Gasteiger partial charge on any atom is 0.257 e. The number of piperazine rings is 1. The molecule has 5 nitrogen and oxygen atoms in total. The normalized spacial score (nSPS) is 14.5. The Hall–Kier alpha value is -2.79. The minimum atomic E-state index is 0.0106. The first-order chi connectivity index (χ1) is 12.7. The van der Waals surface area contributed by atoms with Gasteiger partial charge in [0.2, 0.25) is 0 Å². The van der Waals surface area contributed by atoms with E-state index in [1.807, 2.05) is 59.5 Å². The van der Waals surface area contributed by atoms with Gasteiger partial charge < -0.3 is 9.80 Å². The summed E-state index contributed by atoms with van der Waals surface area (Å²) in [7, 11) is 0. The number of carbonyl (C=O) groups excluding carboxylic acids is 1. The topological polar surface area (TPSA) is 52.2 Å². The van der Waals surface area contributed by atoms with Crippen LogP contribution in [0.25, 0.3) is 11.3 Å². The minimum absolute atomic E-state index is 0.0106. The number of anilines is 1. The Bertz CT molecular complexity index is 901. The van der Waals surface area contributed by atoms with Crippen molar-refractivity contribution >= 4 is 23.2 Å². The third-order valence-electron chi connectivity index (χ3n) is 4.69. The van der Waals surface area contributed by atoms with E-state index in [1.54, 1.807) is 6.20 Å². The highest BCUT2D eigenvalue weighted by atomic mass is 35.5. The number of aromatic nitrogens is 2. The van der Waals surface area contributed by atoms with Crippen LogP contribution in [0.3, 0.4) is 0 Å². The highest BCUT2D eigenvalue weighted by molar-refractivity contribution is 6.33. The number of hydrogen-bond donors (Lipinski definition) is 1. The second-order valence-electron chi connectivity index (χ2n) is 6.26. The molecule has 1 aromatic heterocycles. The zero-order chi connectivity index (χ0) is 17.9. The fraction of sp³-hybridized carbons (Fsp3) is 0.200. The highest BCUT2D eigenvalue weighted by Crippen LogP contribution is 2.27. The quantitative estimate of drug-likeness (QED) is 0.769. The van der Waals surface area contributed by atoms with Crippen LogP contribution in [0.4, 0.5) is 5.69 Å². The summed E-state index contributed by atoms with van der Waals surface area (Å²) in [6, 6.07) is 17.6. The van der Waals surface area contributed by atoms with Crippen molar-refractivity contribution in [2.75, 3.05) is 31.1 Å². The molecular weight excluding hydrogens is 348 g/mol. The second-order valence-corrected chi connectivity index (χ2v) is 6.66. The van der Waals surface area contributed by atoms with Gasteiger partial charge in [-0.1, -0.05) is 54.1 Å². The van der Waals surface area contributed by atoms with E-state index in [0.717, 1.165) is 35.1 Å². The van der Waals surface area contributed by atoms with E-state index in [4.69, 9.17) is 11.6 Å². The minimum Gasteiger partial charge on any atom is -0.367 e. The van der Waals surface area contributed by atoms with Crippen molar-refractivity contribution < 1.29 is 4.79 Å². The molecule has 2 aromatic carbocycles. The molecule has 0 aliphatic carbocycles. The Morgan fingerprint density at radius 2 is 1.65 bits per heavy atom. The van der Waals surface area contributed by atoms with E-state index < -0.39 is 0 Å². The molecule has 1 aliphatic heterocycles. The standard InChI is InChI=1S/C20H19ClN4O/c21-17-8-4-5-9-18(17)24-10-12-25(13-11-24)20(26)16-14-22-23-19(16)15-6-2-1-3-7-15/h1-9,14H,10-13H2,(H,22,23). The predicted octanol–water partition coefficient (Wildman–Crippen LogP) is 3.69. The third-order valence-corrected chi connectivity index (χ3v) is 5.01. The summed E-state index contributed by atoms with van der Waals surface area (Å²) in [6.45, 7) is 2.83. The van der Waals surface area contributed by atoms with Crippen molar-refractivity contribution in [3.05, 3.63) is 71.4 Å². The first-order valence-corrected chi connectivity index (χ1v) is 8.99. The number of halogens is 1. The third kappa shape index (κ3) is 3.18. The van der Waals surface area contributed by atoms with E-state index in [-0.39, 0.29) is 5.91 Å². The number of aromatic amines is 1. The molecule has 132 valence electrons. The van der Waals surface area contributed by atoms with Gasteiger partial charge in [0.25, 0.3) is 5.91 Å². The van der Waals surface area contributed by atoms with Gasteiger partial charge in [-0.25, -0.2) is 0 Å². The lowest BCUT2D eigenvalue weighted by atomic mass is 10.1. The Balaban J connectivity index is 1.48. The Morgan fingerprint density at radius 1 is 0.962 bits per heavy atom. The van der Waals surface area contributed by atoms with Gasteiger partial charge in [-0.3, -0.25) is 9.89 Å². The van der Waals surface area contributed by atoms with E-state index in [0.29, 0.717) is 18.7 Å². The summed E-state index contributed by atoms with van der Waals surface area (Å²) in [6.07, 6.45) is 1.62. The largest absolute Gasteiger partial charge is 0.367 e. The summed E-state index contributed by atoms with van der Waals surface area (Å²) < 4.78 is 0. The fourth-order valence-electron chi connectivity index (χ4n) is 3.30. The highest BCUT2D eigenvalue weighted by Gasteiger charge is 2.26. The smallest absolute Gasteiger partial charge is 0.257 e. The fourth-order valence-corrected chi connectivity index (χ4v) is 3.56. The van der Waals surface area contributed by atoms with Gasteiger partial charge in [0.1, 0.15) is 0 Å². The molecule has 1 fully saturated rings. The molecule has 1 aliphatic rings. The number of hydrogen-bond acceptors (Lipinski definition) is 3. The van der Waals surface area contributed by atoms with E-state index in [1.165, 1.54) is 0 Å². The van der Waals surface area contributed by atoms with Crippen LogP contribution in [0.1, 0.15) is 10.4 Å². The molecule has 0 radical (unpaired) electrons. The zero-order valence-corrected chi connectivity index (χ0v) is 15.0. The number of benzene rings is 2. The number of rotatable bonds is 3. The van der Waals surface area contributed by atoms with Crippen LogP contribution in [-0.4, -0.2) is 47.2 Å². The van der Waals surface area contributed by atoms with Gasteiger partial charge in [0, 0.05) is 31.7 Å². The van der Waals surface area contributed by atoms with Gasteiger partial charge in [-0.2, -0.15) is 5.10 Å². The van der Waals surface area contributed by atoms with Crippen LogP contribution in [-0.2, 0) is 0 Å². The summed E-state index contributed by atoms with van der Waals surface area (Å²) in [5.74, 6) is 0.0106. The van der Waals surface area contributed by atoms with Crippen LogP contribution in [0.2, 0.25) is 5.02 Å². The monoisotopic (exact) mass is 366 g/mol. The predicted molar refractivity (Wildman–Crippen MR) is 104 cm³/mol. The average Bonchev–Trinajstić information content (AvgIpc) is 3.18. The van der Waals surface area contributed by atoms with Crippen molar-refractivity contribution in [3.8, 4) is 11.3 Å². The lowest BCUT2D eigenvalue weighted by Crippen LogP contribution is -2.48. The van der Waals surface area contributed by atoms with E-state index in [9.17, 15) is 4.79 Å². The Morgan fingerprint density at radius 3 is 2.38 bits per heavy atom. The van der Waals surface area contributed by atoms with E-state index in [2.05, 4.69) is 15.1 Å². The van der Waals surface area contributed by atoms with E-state index >= 15 is 0 Å². The summed E-state index contributed by atoms with van der Waals surface area (Å²) >= 11 is 6.29. The van der Waals surface area contributed by atoms with Crippen LogP contribution in [0.15, 0.2) is 60.8 Å². The molecule has 26 heavy (non-hydrogen) atoms. The first-order valence-electron chi connectivity index (χ1n) is 8.61. The molecule has 0 saturated carbocycles. The summed E-state index contributed by atoms with van der Waals surface area (Å²) in [5, 5.41) is 7.79. The average molecular weight is 367 g/mol. The molecule has 1 amide bonds. The molecule has 3 aromatic rings. The SMILES string of the molecule is O=C(c1cn[nH]c1-c1ccccc1)N1CCN(c2ccccc2Cl)CC1. The Kier molecular flexibility index (Phi) is 4.63. The molecule has 6 heteroatoms. The van der Waals surface area contributed by atoms with Crippen molar-refractivity contribution in [2.24, 2.45) is 0 Å². The number of nitrogens with one attached hydrogen (secondary N) is 1. The van der Waals surface area contributed by atoms with Crippen molar-refractivity contribution in [3.63, 3.8) is 0 Å². The van der Waals surface area contributed by atoms with Gasteiger partial charge in [-0.15, -0.1) is 0 Å². The number of H-pyrrole nitrogens is 1. The molecule has 0 spiro atoms. The van der Waals surface area contributed by atoms with Gasteiger partial charge in [0.05, 0.1) is 28.2 Å². The van der Waals surface area contributed by atoms with Gasteiger partial charge >= 0.3 is 0 Å². The van der Waals surface area contributed by atoms with Gasteiger partial charge in [-0.05, 0) is 12.1 Å². The molecule has 2 heterocycles. The maximum absolute atomic E-state index is 13.0. The number of para-hydroxylation sites is 1. The molecule has 0 bridgehead atoms. The van der Waals surface area contributed by atoms with Crippen LogP contribution in [0, 0.1) is 0 Å². The second kappa shape index (κ2) is 7.22. The molecule has 0 unspecified atom stereocenters. The van der Waals surface area contributed by atoms with Crippen molar-refractivity contribution in [2.45, 2.75) is 0 Å². The summed E-state index contributed by atoms with van der Waals surface area (Å²) in [4.78, 5) is 17.1. The first kappa shape index (κ1) is 16.7. The number of nitrogens with zero attached hydrogens (tertiary/aromatic N) is 3. The lowest BCUT2D eigenvalue weighted by molar-refractivity contribution is 0.0747. The molecule has 1 saturated heterocycles. The molecule has 4 rings (SSSR count). The van der Waals surface area contributed by atoms with Crippen LogP contribution in [0.5, 0.6) is 0 Å². The Labute approximate surface area is 157 Å². The zero-order valence-electron chi connectivity index (χ0n) is 14.2. The van der Waals surface area contributed by atoms with Gasteiger partial charge in [0.15, 0.2) is 0 Å². The number of amides is 1.